The summed E-state index contributed by atoms with van der Waals surface area (Å²) in [5.74, 6) is 1.56. The molecule has 47 heavy (non-hydrogen) atoms. The summed E-state index contributed by atoms with van der Waals surface area (Å²) < 4.78 is 1.70. The number of rotatable bonds is 6. The van der Waals surface area contributed by atoms with Gasteiger partial charge in [0.05, 0.1) is 17.5 Å². The Kier molecular flexibility index (Phi) is 7.16. The summed E-state index contributed by atoms with van der Waals surface area (Å²) >= 11 is 0. The molecule has 0 aliphatic carbocycles. The van der Waals surface area contributed by atoms with Crippen LogP contribution in [0.1, 0.15) is 30.5 Å². The lowest BCUT2D eigenvalue weighted by Gasteiger charge is -2.29. The second-order valence-electron chi connectivity index (χ2n) is 12.9. The fourth-order valence-corrected chi connectivity index (χ4v) is 7.20. The molecule has 12 nitrogen and oxygen atoms in total. The molecular formula is C35H36N10O2. The van der Waals surface area contributed by atoms with Gasteiger partial charge < -0.3 is 4.90 Å². The molecule has 0 saturated carbocycles. The Bertz CT molecular complexity index is 2030. The smallest absolute Gasteiger partial charge is 0.237 e. The second kappa shape index (κ2) is 11.5. The van der Waals surface area contributed by atoms with Gasteiger partial charge in [-0.3, -0.25) is 34.2 Å². The molecular weight excluding hydrogens is 592 g/mol. The van der Waals surface area contributed by atoms with E-state index in [9.17, 15) is 9.59 Å². The lowest BCUT2D eigenvalue weighted by Crippen LogP contribution is -2.43. The van der Waals surface area contributed by atoms with Gasteiger partial charge in [-0.05, 0) is 68.1 Å². The van der Waals surface area contributed by atoms with Crippen molar-refractivity contribution < 1.29 is 9.59 Å². The Morgan fingerprint density at radius 1 is 0.979 bits per heavy atom. The lowest BCUT2D eigenvalue weighted by atomic mass is 9.85. The van der Waals surface area contributed by atoms with E-state index >= 15 is 0 Å². The predicted octanol–water partition coefficient (Wildman–Crippen LogP) is 3.87. The normalized spacial score (nSPS) is 20.1. The summed E-state index contributed by atoms with van der Waals surface area (Å²) in [6.07, 6.45) is 7.93. The molecule has 2 saturated heterocycles. The highest BCUT2D eigenvalue weighted by atomic mass is 16.2. The highest BCUT2D eigenvalue weighted by Gasteiger charge is 2.51. The lowest BCUT2D eigenvalue weighted by molar-refractivity contribution is -0.132. The van der Waals surface area contributed by atoms with Crippen molar-refractivity contribution in [2.75, 3.05) is 44.2 Å². The Labute approximate surface area is 272 Å². The molecule has 1 atom stereocenters. The van der Waals surface area contributed by atoms with Gasteiger partial charge in [-0.25, -0.2) is 9.97 Å². The van der Waals surface area contributed by atoms with Crippen molar-refractivity contribution in [2.24, 2.45) is 12.5 Å². The first-order valence-corrected chi connectivity index (χ1v) is 16.1. The minimum atomic E-state index is -0.482. The summed E-state index contributed by atoms with van der Waals surface area (Å²) in [5.41, 5.74) is 7.04. The number of hydrogen-bond donors (Lipinski definition) is 1. The third-order valence-corrected chi connectivity index (χ3v) is 9.82. The van der Waals surface area contributed by atoms with Gasteiger partial charge in [0.25, 0.3) is 0 Å². The maximum Gasteiger partial charge on any atom is 0.237 e. The average molecular weight is 629 g/mol. The molecule has 2 fully saturated rings. The minimum absolute atomic E-state index is 0.0968. The summed E-state index contributed by atoms with van der Waals surface area (Å²) in [7, 11) is 1.86. The van der Waals surface area contributed by atoms with Crippen LogP contribution in [0.5, 0.6) is 0 Å². The zero-order chi connectivity index (χ0) is 32.1. The molecule has 1 aromatic carbocycles. The van der Waals surface area contributed by atoms with E-state index in [4.69, 9.17) is 4.98 Å². The number of amides is 2. The molecule has 0 radical (unpaired) electrons. The number of anilines is 1. The van der Waals surface area contributed by atoms with E-state index in [0.29, 0.717) is 44.4 Å². The average Bonchev–Trinajstić information content (AvgIpc) is 3.88. The molecule has 3 aliphatic rings. The fourth-order valence-electron chi connectivity index (χ4n) is 7.20. The van der Waals surface area contributed by atoms with E-state index in [-0.39, 0.29) is 11.8 Å². The van der Waals surface area contributed by atoms with Crippen LogP contribution in [0.3, 0.4) is 0 Å². The van der Waals surface area contributed by atoms with E-state index in [2.05, 4.69) is 48.4 Å². The summed E-state index contributed by atoms with van der Waals surface area (Å²) in [4.78, 5) is 46.7. The molecule has 2 amide bonds. The maximum atomic E-state index is 13.9. The highest BCUT2D eigenvalue weighted by molar-refractivity contribution is 6.01. The van der Waals surface area contributed by atoms with Crippen molar-refractivity contribution in [3.8, 4) is 22.6 Å². The van der Waals surface area contributed by atoms with Gasteiger partial charge in [0, 0.05) is 56.2 Å². The number of carbonyl (C=O) groups excluding carboxylic acids is 2. The van der Waals surface area contributed by atoms with Crippen molar-refractivity contribution in [1.82, 2.24) is 44.7 Å². The number of nitrogens with one attached hydrogen (secondary N) is 1. The minimum Gasteiger partial charge on any atom is -0.338 e. The van der Waals surface area contributed by atoms with E-state index < -0.39 is 5.41 Å². The first-order chi connectivity index (χ1) is 22.8. The number of aromatic nitrogens is 7. The number of H-pyrrole nitrogens is 1. The number of aromatic amines is 1. The molecule has 7 heterocycles. The number of aryl methyl sites for hydroxylation is 2. The molecule has 3 aliphatic heterocycles. The van der Waals surface area contributed by atoms with Gasteiger partial charge in [0.2, 0.25) is 11.8 Å². The van der Waals surface area contributed by atoms with Crippen molar-refractivity contribution in [2.45, 2.75) is 26.2 Å². The van der Waals surface area contributed by atoms with Crippen molar-refractivity contribution in [3.63, 3.8) is 0 Å². The van der Waals surface area contributed by atoms with E-state index in [1.807, 2.05) is 60.2 Å². The maximum absolute atomic E-state index is 13.9. The number of pyridine rings is 2. The molecule has 4 aromatic heterocycles. The van der Waals surface area contributed by atoms with Crippen LogP contribution in [0.4, 0.5) is 5.82 Å². The Morgan fingerprint density at radius 2 is 1.81 bits per heavy atom. The molecule has 0 bridgehead atoms. The van der Waals surface area contributed by atoms with Gasteiger partial charge in [-0.1, -0.05) is 30.3 Å². The summed E-state index contributed by atoms with van der Waals surface area (Å²) in [5, 5.41) is 11.9. The van der Waals surface area contributed by atoms with Crippen molar-refractivity contribution in [3.05, 3.63) is 78.4 Å². The van der Waals surface area contributed by atoms with Crippen LogP contribution in [-0.4, -0.2) is 95.8 Å². The van der Waals surface area contributed by atoms with Gasteiger partial charge in [0.1, 0.15) is 23.4 Å². The molecule has 1 N–H and O–H groups in total. The number of hydrogen-bond acceptors (Lipinski definition) is 8. The Balaban J connectivity index is 0.896. The van der Waals surface area contributed by atoms with Crippen molar-refractivity contribution in [1.29, 1.82) is 0 Å². The number of likely N-dealkylation sites (tertiary alicyclic amines) is 1. The largest absolute Gasteiger partial charge is 0.338 e. The number of nitrogens with zero attached hydrogens (tertiary/aromatic N) is 9. The molecule has 0 unspecified atom stereocenters. The van der Waals surface area contributed by atoms with E-state index in [0.717, 1.165) is 64.9 Å². The second-order valence-corrected chi connectivity index (χ2v) is 12.9. The van der Waals surface area contributed by atoms with Crippen LogP contribution in [0, 0.1) is 12.3 Å². The first kappa shape index (κ1) is 29.2. The van der Waals surface area contributed by atoms with Crippen LogP contribution in [0.2, 0.25) is 0 Å². The summed E-state index contributed by atoms with van der Waals surface area (Å²) in [6.45, 7) is 5.49. The third kappa shape index (κ3) is 5.38. The van der Waals surface area contributed by atoms with Crippen LogP contribution in [0.25, 0.3) is 39.3 Å². The zero-order valence-electron chi connectivity index (χ0n) is 26.6. The van der Waals surface area contributed by atoms with Crippen LogP contribution in [0.15, 0.2) is 67.1 Å². The zero-order valence-corrected chi connectivity index (χ0v) is 26.6. The first-order valence-electron chi connectivity index (χ1n) is 16.1. The predicted molar refractivity (Wildman–Crippen MR) is 178 cm³/mol. The monoisotopic (exact) mass is 628 g/mol. The van der Waals surface area contributed by atoms with Gasteiger partial charge in [-0.15, -0.1) is 0 Å². The number of fused-ring (bicyclic) bond motifs is 1. The van der Waals surface area contributed by atoms with Gasteiger partial charge in [0.15, 0.2) is 5.82 Å². The topological polar surface area (TPSA) is 129 Å². The molecule has 12 heteroatoms. The number of benzene rings is 1. The van der Waals surface area contributed by atoms with Gasteiger partial charge in [-0.2, -0.15) is 10.2 Å². The van der Waals surface area contributed by atoms with Gasteiger partial charge >= 0.3 is 0 Å². The number of carbonyl (C=O) groups is 2. The van der Waals surface area contributed by atoms with E-state index in [1.165, 1.54) is 5.57 Å². The SMILES string of the molecule is Cc1cc(-c2n[nH]c3ccc(N4CC[C@]5(CCN(CC(=O)N6CC=C(c7ccc(-c8ncn(C)n8)cc7)CC6)C5)C4=O)nc23)ccn1. The highest BCUT2D eigenvalue weighted by Crippen LogP contribution is 2.42. The van der Waals surface area contributed by atoms with Crippen LogP contribution in [-0.2, 0) is 16.6 Å². The molecule has 5 aromatic rings. The molecule has 8 rings (SSSR count). The fraction of sp³-hybridized carbons (Fsp3) is 0.343. The standard InChI is InChI=1S/C35H36N10O2/c1-23-19-27(9-14-36-23)31-32-28(39-40-31)7-8-29(38-32)45-18-13-35(34(45)47)12-17-43(21-35)20-30(46)44-15-10-25(11-16-44)24-3-5-26(6-4-24)33-37-22-42(2)41-33/h3-10,14,19,22H,11-13,15-18,20-21H2,1-2H3,(H,39,40)/t35-/m0/s1. The molecule has 238 valence electrons. The Hall–Kier alpha value is -5.23. The van der Waals surface area contributed by atoms with Crippen LogP contribution < -0.4 is 4.90 Å². The van der Waals surface area contributed by atoms with Crippen molar-refractivity contribution >= 4 is 34.2 Å². The Morgan fingerprint density at radius 3 is 2.57 bits per heavy atom. The van der Waals surface area contributed by atoms with E-state index in [1.54, 1.807) is 17.2 Å². The molecule has 1 spiro atoms. The summed E-state index contributed by atoms with van der Waals surface area (Å²) in [6, 6.07) is 16.0. The quantitative estimate of drug-likeness (QED) is 0.300. The van der Waals surface area contributed by atoms with Crippen LogP contribution >= 0.6 is 0 Å². The third-order valence-electron chi connectivity index (χ3n) is 9.82.